The smallest absolute Gasteiger partial charge is 0.254 e. The minimum Gasteiger partial charge on any atom is -0.377 e. The monoisotopic (exact) mass is 528 g/mol. The Balaban J connectivity index is 1.57. The summed E-state index contributed by atoms with van der Waals surface area (Å²) in [6.07, 6.45) is 1.65. The van der Waals surface area contributed by atoms with E-state index in [1.54, 1.807) is 36.3 Å². The molecule has 1 amide bonds. The van der Waals surface area contributed by atoms with Crippen molar-refractivity contribution in [3.05, 3.63) is 83.4 Å². The number of hydrogen-bond donors (Lipinski definition) is 0. The summed E-state index contributed by atoms with van der Waals surface area (Å²) in [7, 11) is -1.95. The van der Waals surface area contributed by atoms with Crippen molar-refractivity contribution in [2.75, 3.05) is 44.4 Å². The summed E-state index contributed by atoms with van der Waals surface area (Å²) in [5, 5.41) is 0. The van der Waals surface area contributed by atoms with E-state index in [2.05, 4.69) is 0 Å². The van der Waals surface area contributed by atoms with Crippen LogP contribution in [0.4, 0.5) is 14.5 Å². The fourth-order valence-electron chi connectivity index (χ4n) is 4.65. The van der Waals surface area contributed by atoms with E-state index in [0.717, 1.165) is 18.2 Å². The quantitative estimate of drug-likeness (QED) is 0.427. The molecule has 1 saturated heterocycles. The second-order valence-corrected chi connectivity index (χ2v) is 11.1. The molecule has 0 aliphatic carbocycles. The number of carbonyl (C=O) groups excluding carboxylic acids is 1. The highest BCUT2D eigenvalue weighted by molar-refractivity contribution is 7.90. The molecule has 0 saturated carbocycles. The summed E-state index contributed by atoms with van der Waals surface area (Å²) < 4.78 is 58.2. The number of methoxy groups -OCH3 is 1. The van der Waals surface area contributed by atoms with Gasteiger partial charge in [0, 0.05) is 45.1 Å². The Morgan fingerprint density at radius 3 is 2.22 bits per heavy atom. The second-order valence-electron chi connectivity index (χ2n) is 9.11. The molecule has 3 aromatic rings. The molecule has 0 spiro atoms. The van der Waals surface area contributed by atoms with Crippen molar-refractivity contribution in [3.8, 4) is 11.1 Å². The number of halogens is 2. The van der Waals surface area contributed by atoms with Crippen molar-refractivity contribution in [1.29, 1.82) is 0 Å². The maximum absolute atomic E-state index is 15.0. The van der Waals surface area contributed by atoms with Crippen LogP contribution in [0.5, 0.6) is 0 Å². The first-order valence-corrected chi connectivity index (χ1v) is 14.0. The third kappa shape index (κ3) is 5.83. The zero-order valence-electron chi connectivity index (χ0n) is 21.1. The normalized spacial score (nSPS) is 15.1. The number of sulfone groups is 1. The summed E-state index contributed by atoms with van der Waals surface area (Å²) >= 11 is 0. The van der Waals surface area contributed by atoms with Gasteiger partial charge < -0.3 is 14.5 Å². The van der Waals surface area contributed by atoms with Crippen LogP contribution in [0.15, 0.2) is 65.6 Å². The molecule has 37 heavy (non-hydrogen) atoms. The van der Waals surface area contributed by atoms with Crippen LogP contribution in [-0.4, -0.2) is 58.8 Å². The summed E-state index contributed by atoms with van der Waals surface area (Å²) in [5.41, 5.74) is 2.59. The second kappa shape index (κ2) is 11.0. The van der Waals surface area contributed by atoms with Crippen LogP contribution in [0.1, 0.15) is 35.4 Å². The van der Waals surface area contributed by atoms with Crippen molar-refractivity contribution in [3.63, 3.8) is 0 Å². The molecule has 0 aromatic heterocycles. The van der Waals surface area contributed by atoms with E-state index in [4.69, 9.17) is 4.74 Å². The SMILES string of the molecule is CCC(OC)c1ccc(N2CCN(C(=O)c3cc(S(C)(=O)=O)ccc3-c3ccc(F)cc3)CC2)c(F)c1. The van der Waals surface area contributed by atoms with Gasteiger partial charge in [-0.05, 0) is 59.5 Å². The molecule has 1 atom stereocenters. The van der Waals surface area contributed by atoms with Gasteiger partial charge in [0.25, 0.3) is 5.91 Å². The fourth-order valence-corrected chi connectivity index (χ4v) is 5.30. The molecule has 196 valence electrons. The maximum Gasteiger partial charge on any atom is 0.254 e. The first kappa shape index (κ1) is 26.8. The Kier molecular flexibility index (Phi) is 7.94. The molecule has 9 heteroatoms. The van der Waals surface area contributed by atoms with Crippen molar-refractivity contribution in [2.45, 2.75) is 24.3 Å². The van der Waals surface area contributed by atoms with E-state index in [0.29, 0.717) is 43.0 Å². The van der Waals surface area contributed by atoms with Gasteiger partial charge in [0.15, 0.2) is 9.84 Å². The largest absolute Gasteiger partial charge is 0.377 e. The Bertz CT molecular complexity index is 1380. The van der Waals surface area contributed by atoms with Gasteiger partial charge in [0.2, 0.25) is 0 Å². The van der Waals surface area contributed by atoms with E-state index < -0.39 is 15.7 Å². The van der Waals surface area contributed by atoms with Crippen molar-refractivity contribution in [2.24, 2.45) is 0 Å². The molecule has 1 aliphatic heterocycles. The van der Waals surface area contributed by atoms with Gasteiger partial charge in [-0.25, -0.2) is 17.2 Å². The molecule has 1 heterocycles. The third-order valence-corrected chi connectivity index (χ3v) is 7.82. The standard InChI is InChI=1S/C28H30F2N2O4S/c1-4-27(36-2)20-7-12-26(25(30)17-20)31-13-15-32(16-14-31)28(33)24-18-22(37(3,34)35)10-11-23(24)19-5-8-21(29)9-6-19/h5-12,17-18,27H,4,13-16H2,1-3H3. The third-order valence-electron chi connectivity index (χ3n) is 6.71. The average molecular weight is 529 g/mol. The highest BCUT2D eigenvalue weighted by atomic mass is 32.2. The van der Waals surface area contributed by atoms with E-state index in [1.165, 1.54) is 30.3 Å². The molecule has 0 bridgehead atoms. The van der Waals surface area contributed by atoms with Crippen LogP contribution in [0, 0.1) is 11.6 Å². The maximum atomic E-state index is 15.0. The molecule has 0 radical (unpaired) electrons. The Morgan fingerprint density at radius 1 is 0.973 bits per heavy atom. The van der Waals surface area contributed by atoms with Crippen molar-refractivity contribution >= 4 is 21.4 Å². The first-order chi connectivity index (χ1) is 17.6. The number of piperazine rings is 1. The molecule has 6 nitrogen and oxygen atoms in total. The van der Waals surface area contributed by atoms with E-state index in [9.17, 15) is 22.0 Å². The zero-order chi connectivity index (χ0) is 26.7. The highest BCUT2D eigenvalue weighted by Crippen LogP contribution is 2.30. The molecular weight excluding hydrogens is 498 g/mol. The van der Waals surface area contributed by atoms with Gasteiger partial charge in [-0.3, -0.25) is 4.79 Å². The molecule has 4 rings (SSSR count). The van der Waals surface area contributed by atoms with E-state index >= 15 is 0 Å². The van der Waals surface area contributed by atoms with Crippen LogP contribution in [-0.2, 0) is 14.6 Å². The van der Waals surface area contributed by atoms with Crippen LogP contribution >= 0.6 is 0 Å². The average Bonchev–Trinajstić information content (AvgIpc) is 2.89. The lowest BCUT2D eigenvalue weighted by Gasteiger charge is -2.36. The molecule has 3 aromatic carbocycles. The van der Waals surface area contributed by atoms with Gasteiger partial charge in [-0.2, -0.15) is 0 Å². The fraction of sp³-hybridized carbons (Fsp3) is 0.321. The number of amides is 1. The van der Waals surface area contributed by atoms with Crippen LogP contribution in [0.25, 0.3) is 11.1 Å². The molecular formula is C28H30F2N2O4S. The Labute approximate surface area is 216 Å². The number of rotatable bonds is 7. The van der Waals surface area contributed by atoms with Gasteiger partial charge >= 0.3 is 0 Å². The number of benzene rings is 3. The lowest BCUT2D eigenvalue weighted by molar-refractivity contribution is 0.0747. The highest BCUT2D eigenvalue weighted by Gasteiger charge is 2.27. The van der Waals surface area contributed by atoms with Crippen molar-refractivity contribution < 1.29 is 26.7 Å². The zero-order valence-corrected chi connectivity index (χ0v) is 21.9. The summed E-state index contributed by atoms with van der Waals surface area (Å²) in [5.74, 6) is -1.08. The number of nitrogens with zero attached hydrogens (tertiary/aromatic N) is 2. The molecule has 0 N–H and O–H groups in total. The predicted molar refractivity (Wildman–Crippen MR) is 140 cm³/mol. The minimum absolute atomic E-state index is 0.0314. The Morgan fingerprint density at radius 2 is 1.65 bits per heavy atom. The van der Waals surface area contributed by atoms with Crippen molar-refractivity contribution in [1.82, 2.24) is 4.90 Å². The molecule has 1 fully saturated rings. The van der Waals surface area contributed by atoms with Crippen LogP contribution < -0.4 is 4.90 Å². The van der Waals surface area contributed by atoms with Gasteiger partial charge in [-0.1, -0.05) is 31.2 Å². The van der Waals surface area contributed by atoms with Gasteiger partial charge in [0.05, 0.1) is 16.7 Å². The summed E-state index contributed by atoms with van der Waals surface area (Å²) in [4.78, 5) is 17.1. The van der Waals surface area contributed by atoms with E-state index in [1.807, 2.05) is 17.9 Å². The van der Waals surface area contributed by atoms with Gasteiger partial charge in [0.1, 0.15) is 11.6 Å². The lowest BCUT2D eigenvalue weighted by Crippen LogP contribution is -2.49. The minimum atomic E-state index is -3.55. The van der Waals surface area contributed by atoms with Gasteiger partial charge in [-0.15, -0.1) is 0 Å². The van der Waals surface area contributed by atoms with Crippen LogP contribution in [0.3, 0.4) is 0 Å². The summed E-state index contributed by atoms with van der Waals surface area (Å²) in [6.45, 7) is 3.48. The first-order valence-electron chi connectivity index (χ1n) is 12.1. The number of ether oxygens (including phenoxy) is 1. The molecule has 1 aliphatic rings. The lowest BCUT2D eigenvalue weighted by atomic mass is 9.98. The Hall–Kier alpha value is -3.30. The molecule has 1 unspecified atom stereocenters. The number of hydrogen-bond acceptors (Lipinski definition) is 5. The predicted octanol–water partition coefficient (Wildman–Crippen LogP) is 5.10. The van der Waals surface area contributed by atoms with E-state index in [-0.39, 0.29) is 28.3 Å². The number of anilines is 1. The number of carbonyl (C=O) groups is 1. The summed E-state index contributed by atoms with van der Waals surface area (Å²) in [6, 6.07) is 15.2. The van der Waals surface area contributed by atoms with Crippen LogP contribution in [0.2, 0.25) is 0 Å². The topological polar surface area (TPSA) is 66.9 Å².